The van der Waals surface area contributed by atoms with E-state index in [4.69, 9.17) is 0 Å². The Hall–Kier alpha value is -2.11. The van der Waals surface area contributed by atoms with E-state index in [2.05, 4.69) is 12.2 Å². The average molecular weight is 291 g/mol. The zero-order valence-corrected chi connectivity index (χ0v) is 12.6. The Bertz CT molecular complexity index is 559. The number of nitro groups is 1. The molecular weight excluding hydrogens is 270 g/mol. The minimum atomic E-state index is -0.461. The first-order valence-corrected chi connectivity index (χ1v) is 7.22. The summed E-state index contributed by atoms with van der Waals surface area (Å²) in [7, 11) is 1.75. The Kier molecular flexibility index (Phi) is 4.45. The molecule has 2 rings (SSSR count). The molecule has 1 N–H and O–H groups in total. The van der Waals surface area contributed by atoms with E-state index in [1.807, 2.05) is 6.92 Å². The Labute approximate surface area is 124 Å². The number of para-hydroxylation sites is 1. The van der Waals surface area contributed by atoms with Crippen LogP contribution >= 0.6 is 0 Å². The number of nitro benzene ring substituents is 1. The van der Waals surface area contributed by atoms with Gasteiger partial charge in [0.25, 0.3) is 11.6 Å². The van der Waals surface area contributed by atoms with Crippen LogP contribution in [0.25, 0.3) is 0 Å². The van der Waals surface area contributed by atoms with E-state index < -0.39 is 4.92 Å². The van der Waals surface area contributed by atoms with E-state index in [9.17, 15) is 14.9 Å². The molecule has 0 radical (unpaired) electrons. The quantitative estimate of drug-likeness (QED) is 0.646. The molecule has 0 heterocycles. The minimum absolute atomic E-state index is 0.0594. The molecule has 21 heavy (non-hydrogen) atoms. The maximum Gasteiger partial charge on any atom is 0.293 e. The van der Waals surface area contributed by atoms with Crippen molar-refractivity contribution in [2.75, 3.05) is 25.5 Å². The molecule has 1 aliphatic rings. The molecule has 1 saturated carbocycles. The summed E-state index contributed by atoms with van der Waals surface area (Å²) in [5.41, 5.74) is 0.614. The van der Waals surface area contributed by atoms with Crippen LogP contribution in [0.15, 0.2) is 18.2 Å². The van der Waals surface area contributed by atoms with E-state index in [1.54, 1.807) is 24.1 Å². The molecule has 0 bridgehead atoms. The summed E-state index contributed by atoms with van der Waals surface area (Å²) in [5, 5.41) is 14.1. The molecule has 1 aromatic rings. The standard InChI is InChI=1S/C15H21N3O3/c1-4-16-14-12(6-5-7-13(14)18(20)21)15(19)17(3)9-11-8-10(11)2/h5-7,10-11,16H,4,8-9H2,1-3H3. The van der Waals surface area contributed by atoms with Crippen molar-refractivity contribution in [3.63, 3.8) is 0 Å². The average Bonchev–Trinajstić information content (AvgIpc) is 3.13. The van der Waals surface area contributed by atoms with Gasteiger partial charge in [-0.2, -0.15) is 0 Å². The first-order chi connectivity index (χ1) is 9.95. The van der Waals surface area contributed by atoms with Crippen LogP contribution in [0.5, 0.6) is 0 Å². The van der Waals surface area contributed by atoms with Gasteiger partial charge in [-0.15, -0.1) is 0 Å². The third kappa shape index (κ3) is 3.32. The van der Waals surface area contributed by atoms with Crippen molar-refractivity contribution in [2.24, 2.45) is 11.8 Å². The van der Waals surface area contributed by atoms with Gasteiger partial charge in [-0.1, -0.05) is 13.0 Å². The van der Waals surface area contributed by atoms with Gasteiger partial charge in [-0.05, 0) is 31.2 Å². The molecule has 114 valence electrons. The van der Waals surface area contributed by atoms with Crippen LogP contribution in [0.2, 0.25) is 0 Å². The number of nitrogens with zero attached hydrogens (tertiary/aromatic N) is 2. The molecule has 1 aromatic carbocycles. The van der Waals surface area contributed by atoms with Gasteiger partial charge < -0.3 is 10.2 Å². The molecular formula is C15H21N3O3. The number of benzene rings is 1. The number of hydrogen-bond acceptors (Lipinski definition) is 4. The van der Waals surface area contributed by atoms with Crippen LogP contribution in [0.1, 0.15) is 30.6 Å². The van der Waals surface area contributed by atoms with Gasteiger partial charge in [0.15, 0.2) is 0 Å². The van der Waals surface area contributed by atoms with Gasteiger partial charge in [0.1, 0.15) is 5.69 Å². The molecule has 0 aliphatic heterocycles. The highest BCUT2D eigenvalue weighted by Crippen LogP contribution is 2.38. The van der Waals surface area contributed by atoms with E-state index >= 15 is 0 Å². The monoisotopic (exact) mass is 291 g/mol. The maximum atomic E-state index is 12.5. The largest absolute Gasteiger partial charge is 0.379 e. The van der Waals surface area contributed by atoms with Gasteiger partial charge in [-0.25, -0.2) is 0 Å². The summed E-state index contributed by atoms with van der Waals surface area (Å²) in [6, 6.07) is 4.61. The number of nitrogens with one attached hydrogen (secondary N) is 1. The maximum absolute atomic E-state index is 12.5. The fourth-order valence-corrected chi connectivity index (χ4v) is 2.53. The lowest BCUT2D eigenvalue weighted by molar-refractivity contribution is -0.384. The zero-order valence-electron chi connectivity index (χ0n) is 12.6. The number of rotatable bonds is 6. The second-order valence-electron chi connectivity index (χ2n) is 5.65. The lowest BCUT2D eigenvalue weighted by atomic mass is 10.1. The molecule has 0 saturated heterocycles. The van der Waals surface area contributed by atoms with Crippen molar-refractivity contribution >= 4 is 17.3 Å². The van der Waals surface area contributed by atoms with Gasteiger partial charge in [0, 0.05) is 26.2 Å². The number of carbonyl (C=O) groups excluding carboxylic acids is 1. The first kappa shape index (κ1) is 15.3. The highest BCUT2D eigenvalue weighted by atomic mass is 16.6. The second-order valence-corrected chi connectivity index (χ2v) is 5.65. The first-order valence-electron chi connectivity index (χ1n) is 7.22. The molecule has 0 spiro atoms. The lowest BCUT2D eigenvalue weighted by Crippen LogP contribution is -2.30. The molecule has 1 aliphatic carbocycles. The SMILES string of the molecule is CCNc1c(C(=O)N(C)CC2CC2C)cccc1[N+](=O)[O-]. The Morgan fingerprint density at radius 2 is 2.19 bits per heavy atom. The van der Waals surface area contributed by atoms with Crippen LogP contribution in [-0.2, 0) is 0 Å². The summed E-state index contributed by atoms with van der Waals surface area (Å²) in [5.74, 6) is 1.05. The van der Waals surface area contributed by atoms with E-state index in [-0.39, 0.29) is 11.6 Å². The predicted molar refractivity (Wildman–Crippen MR) is 81.5 cm³/mol. The topological polar surface area (TPSA) is 75.5 Å². The lowest BCUT2D eigenvalue weighted by Gasteiger charge is -2.19. The summed E-state index contributed by atoms with van der Waals surface area (Å²) < 4.78 is 0. The molecule has 1 fully saturated rings. The van der Waals surface area contributed by atoms with E-state index in [1.165, 1.54) is 6.07 Å². The van der Waals surface area contributed by atoms with Crippen molar-refractivity contribution in [2.45, 2.75) is 20.3 Å². The highest BCUT2D eigenvalue weighted by Gasteiger charge is 2.35. The third-order valence-electron chi connectivity index (χ3n) is 3.95. The fourth-order valence-electron chi connectivity index (χ4n) is 2.53. The Morgan fingerprint density at radius 1 is 1.52 bits per heavy atom. The van der Waals surface area contributed by atoms with Gasteiger partial charge in [-0.3, -0.25) is 14.9 Å². The van der Waals surface area contributed by atoms with Gasteiger partial charge in [0.2, 0.25) is 0 Å². The summed E-state index contributed by atoms with van der Waals surface area (Å²) in [6.45, 7) is 5.24. The Morgan fingerprint density at radius 3 is 2.71 bits per heavy atom. The van der Waals surface area contributed by atoms with Crippen molar-refractivity contribution in [3.05, 3.63) is 33.9 Å². The number of hydrogen-bond donors (Lipinski definition) is 1. The van der Waals surface area contributed by atoms with Crippen molar-refractivity contribution in [1.82, 2.24) is 4.90 Å². The zero-order chi connectivity index (χ0) is 15.6. The molecule has 6 nitrogen and oxygen atoms in total. The van der Waals surface area contributed by atoms with E-state index in [0.29, 0.717) is 36.2 Å². The highest BCUT2D eigenvalue weighted by molar-refractivity contribution is 6.01. The molecule has 2 atom stereocenters. The molecule has 6 heteroatoms. The fraction of sp³-hybridized carbons (Fsp3) is 0.533. The summed E-state index contributed by atoms with van der Waals surface area (Å²) in [4.78, 5) is 24.9. The van der Waals surface area contributed by atoms with Crippen molar-refractivity contribution in [1.29, 1.82) is 0 Å². The Balaban J connectivity index is 2.26. The van der Waals surface area contributed by atoms with Crippen LogP contribution in [0.4, 0.5) is 11.4 Å². The molecule has 2 unspecified atom stereocenters. The van der Waals surface area contributed by atoms with Gasteiger partial charge >= 0.3 is 0 Å². The second kappa shape index (κ2) is 6.11. The number of anilines is 1. The molecule has 1 amide bonds. The van der Waals surface area contributed by atoms with Crippen LogP contribution in [-0.4, -0.2) is 35.9 Å². The van der Waals surface area contributed by atoms with Crippen molar-refractivity contribution in [3.8, 4) is 0 Å². The predicted octanol–water partition coefficient (Wildman–Crippen LogP) is 2.75. The number of amides is 1. The summed E-state index contributed by atoms with van der Waals surface area (Å²) >= 11 is 0. The smallest absolute Gasteiger partial charge is 0.293 e. The molecule has 0 aromatic heterocycles. The summed E-state index contributed by atoms with van der Waals surface area (Å²) in [6.07, 6.45) is 1.15. The van der Waals surface area contributed by atoms with E-state index in [0.717, 1.165) is 6.42 Å². The normalized spacial score (nSPS) is 20.0. The van der Waals surface area contributed by atoms with Crippen LogP contribution in [0, 0.1) is 22.0 Å². The third-order valence-corrected chi connectivity index (χ3v) is 3.95. The minimum Gasteiger partial charge on any atom is -0.379 e. The van der Waals surface area contributed by atoms with Crippen LogP contribution in [0.3, 0.4) is 0 Å². The number of carbonyl (C=O) groups is 1. The van der Waals surface area contributed by atoms with Crippen molar-refractivity contribution < 1.29 is 9.72 Å². The van der Waals surface area contributed by atoms with Gasteiger partial charge in [0.05, 0.1) is 10.5 Å². The van der Waals surface area contributed by atoms with Crippen LogP contribution < -0.4 is 5.32 Å².